The summed E-state index contributed by atoms with van der Waals surface area (Å²) in [5.41, 5.74) is 1.06. The summed E-state index contributed by atoms with van der Waals surface area (Å²) in [4.78, 5) is 0. The number of nitrogens with zero attached hydrogens (tertiary/aromatic N) is 3. The molecule has 1 aliphatic rings. The van der Waals surface area contributed by atoms with Crippen molar-refractivity contribution < 1.29 is 0 Å². The van der Waals surface area contributed by atoms with Crippen molar-refractivity contribution in [3.63, 3.8) is 0 Å². The monoisotopic (exact) mass is 282 g/mol. The molecule has 2 unspecified atom stereocenters. The van der Waals surface area contributed by atoms with Crippen LogP contribution in [0, 0.1) is 0 Å². The second-order valence-electron chi connectivity index (χ2n) is 6.29. The van der Waals surface area contributed by atoms with Gasteiger partial charge in [0, 0.05) is 17.8 Å². The van der Waals surface area contributed by atoms with Crippen LogP contribution in [0.25, 0.3) is 0 Å². The smallest absolute Gasteiger partial charge is 0.0965 e. The average molecular weight is 282 g/mol. The van der Waals surface area contributed by atoms with Gasteiger partial charge < -0.3 is 5.32 Å². The van der Waals surface area contributed by atoms with Crippen LogP contribution in [0.1, 0.15) is 52.7 Å². The normalized spacial score (nSPS) is 24.0. The molecule has 0 spiro atoms. The Labute approximate surface area is 120 Å². The van der Waals surface area contributed by atoms with Gasteiger partial charge in [0.25, 0.3) is 0 Å². The van der Waals surface area contributed by atoms with Gasteiger partial charge >= 0.3 is 0 Å². The molecule has 1 aromatic rings. The number of rotatable bonds is 5. The molecule has 1 aromatic heterocycles. The lowest BCUT2D eigenvalue weighted by molar-refractivity contribution is 0.347. The number of hydrogen-bond donors (Lipinski definition) is 1. The first-order valence-corrected chi connectivity index (χ1v) is 8.30. The first-order chi connectivity index (χ1) is 8.99. The van der Waals surface area contributed by atoms with Gasteiger partial charge in [-0.3, -0.25) is 0 Å². The SMILES string of the molecule is CCSC1CCC(NCc2cn(C(C)(C)C)nn2)C1. The van der Waals surface area contributed by atoms with Gasteiger partial charge in [-0.2, -0.15) is 11.8 Å². The van der Waals surface area contributed by atoms with E-state index in [9.17, 15) is 0 Å². The molecule has 0 bridgehead atoms. The van der Waals surface area contributed by atoms with Crippen molar-refractivity contribution in [3.8, 4) is 0 Å². The number of aromatic nitrogens is 3. The van der Waals surface area contributed by atoms with Crippen molar-refractivity contribution in [2.75, 3.05) is 5.75 Å². The van der Waals surface area contributed by atoms with Gasteiger partial charge in [0.1, 0.15) is 0 Å². The molecule has 2 atom stereocenters. The van der Waals surface area contributed by atoms with Crippen molar-refractivity contribution in [3.05, 3.63) is 11.9 Å². The summed E-state index contributed by atoms with van der Waals surface area (Å²) in [5.74, 6) is 1.23. The molecular weight excluding hydrogens is 256 g/mol. The molecule has 0 amide bonds. The minimum Gasteiger partial charge on any atom is -0.308 e. The van der Waals surface area contributed by atoms with E-state index in [2.05, 4.69) is 61.3 Å². The minimum atomic E-state index is 0.0153. The van der Waals surface area contributed by atoms with Crippen LogP contribution in [-0.2, 0) is 12.1 Å². The highest BCUT2D eigenvalue weighted by atomic mass is 32.2. The highest BCUT2D eigenvalue weighted by Gasteiger charge is 2.24. The van der Waals surface area contributed by atoms with Gasteiger partial charge in [0.05, 0.1) is 17.4 Å². The predicted molar refractivity (Wildman–Crippen MR) is 81.4 cm³/mol. The van der Waals surface area contributed by atoms with Crippen LogP contribution >= 0.6 is 11.8 Å². The minimum absolute atomic E-state index is 0.0153. The molecule has 4 nitrogen and oxygen atoms in total. The highest BCUT2D eigenvalue weighted by molar-refractivity contribution is 7.99. The van der Waals surface area contributed by atoms with Crippen molar-refractivity contribution in [1.82, 2.24) is 20.3 Å². The van der Waals surface area contributed by atoms with E-state index in [0.29, 0.717) is 6.04 Å². The van der Waals surface area contributed by atoms with Crippen LogP contribution in [0.5, 0.6) is 0 Å². The molecule has 1 saturated carbocycles. The third kappa shape index (κ3) is 4.21. The fourth-order valence-electron chi connectivity index (χ4n) is 2.47. The summed E-state index contributed by atoms with van der Waals surface area (Å²) < 4.78 is 1.94. The highest BCUT2D eigenvalue weighted by Crippen LogP contribution is 2.29. The zero-order valence-corrected chi connectivity index (χ0v) is 13.3. The summed E-state index contributed by atoms with van der Waals surface area (Å²) in [5, 5.41) is 12.9. The molecule has 19 heavy (non-hydrogen) atoms. The van der Waals surface area contributed by atoms with Crippen LogP contribution < -0.4 is 5.32 Å². The fraction of sp³-hybridized carbons (Fsp3) is 0.857. The zero-order chi connectivity index (χ0) is 13.9. The maximum Gasteiger partial charge on any atom is 0.0965 e. The van der Waals surface area contributed by atoms with Crippen LogP contribution in [-0.4, -0.2) is 32.0 Å². The molecule has 0 saturated heterocycles. The summed E-state index contributed by atoms with van der Waals surface area (Å²) >= 11 is 2.10. The zero-order valence-electron chi connectivity index (χ0n) is 12.5. The Morgan fingerprint density at radius 1 is 1.42 bits per heavy atom. The van der Waals surface area contributed by atoms with E-state index in [1.54, 1.807) is 0 Å². The molecule has 1 N–H and O–H groups in total. The topological polar surface area (TPSA) is 42.7 Å². The van der Waals surface area contributed by atoms with Crippen molar-refractivity contribution in [2.24, 2.45) is 0 Å². The summed E-state index contributed by atoms with van der Waals surface area (Å²) in [7, 11) is 0. The Morgan fingerprint density at radius 3 is 2.84 bits per heavy atom. The molecule has 0 radical (unpaired) electrons. The van der Waals surface area contributed by atoms with Crippen molar-refractivity contribution in [2.45, 2.75) is 70.3 Å². The lowest BCUT2D eigenvalue weighted by Gasteiger charge is -2.17. The van der Waals surface area contributed by atoms with Crippen LogP contribution in [0.4, 0.5) is 0 Å². The van der Waals surface area contributed by atoms with Gasteiger partial charge in [-0.15, -0.1) is 5.10 Å². The molecule has 0 aliphatic heterocycles. The molecular formula is C14H26N4S. The molecule has 108 valence electrons. The Kier molecular flexibility index (Phi) is 4.90. The summed E-state index contributed by atoms with van der Waals surface area (Å²) in [6.07, 6.45) is 6.00. The predicted octanol–water partition coefficient (Wildman–Crippen LogP) is 2.80. The van der Waals surface area contributed by atoms with E-state index >= 15 is 0 Å². The second-order valence-corrected chi connectivity index (χ2v) is 7.87. The number of nitrogens with one attached hydrogen (secondary N) is 1. The van der Waals surface area contributed by atoms with Crippen LogP contribution in [0.2, 0.25) is 0 Å². The van der Waals surface area contributed by atoms with Gasteiger partial charge in [-0.1, -0.05) is 12.1 Å². The number of thioether (sulfide) groups is 1. The first-order valence-electron chi connectivity index (χ1n) is 7.25. The third-order valence-electron chi connectivity index (χ3n) is 3.59. The molecule has 1 heterocycles. The Bertz CT molecular complexity index is 396. The fourth-order valence-corrected chi connectivity index (χ4v) is 3.61. The Hall–Kier alpha value is -0.550. The lowest BCUT2D eigenvalue weighted by atomic mass is 10.1. The maximum atomic E-state index is 4.24. The van der Waals surface area contributed by atoms with E-state index < -0.39 is 0 Å². The molecule has 1 aliphatic carbocycles. The van der Waals surface area contributed by atoms with E-state index in [1.165, 1.54) is 25.0 Å². The van der Waals surface area contributed by atoms with E-state index in [-0.39, 0.29) is 5.54 Å². The quantitative estimate of drug-likeness (QED) is 0.902. The largest absolute Gasteiger partial charge is 0.308 e. The second kappa shape index (κ2) is 6.27. The summed E-state index contributed by atoms with van der Waals surface area (Å²) in [6, 6.07) is 0.656. The van der Waals surface area contributed by atoms with Gasteiger partial charge in [0.15, 0.2) is 0 Å². The van der Waals surface area contributed by atoms with Crippen molar-refractivity contribution in [1.29, 1.82) is 0 Å². The van der Waals surface area contributed by atoms with E-state index in [0.717, 1.165) is 17.5 Å². The standard InChI is InChI=1S/C14H26N4S/c1-5-19-13-7-6-11(8-13)15-9-12-10-18(17-16-12)14(2,3)4/h10-11,13,15H,5-9H2,1-4H3. The van der Waals surface area contributed by atoms with Gasteiger partial charge in [-0.05, 0) is 45.8 Å². The van der Waals surface area contributed by atoms with Crippen LogP contribution in [0.3, 0.4) is 0 Å². The summed E-state index contributed by atoms with van der Waals surface area (Å²) in [6.45, 7) is 9.51. The van der Waals surface area contributed by atoms with Gasteiger partial charge in [0.2, 0.25) is 0 Å². The van der Waals surface area contributed by atoms with E-state index in [4.69, 9.17) is 0 Å². The van der Waals surface area contributed by atoms with Gasteiger partial charge in [-0.25, -0.2) is 4.68 Å². The van der Waals surface area contributed by atoms with E-state index in [1.807, 2.05) is 4.68 Å². The maximum absolute atomic E-state index is 4.24. The average Bonchev–Trinajstić information content (AvgIpc) is 2.94. The lowest BCUT2D eigenvalue weighted by Crippen LogP contribution is -2.26. The Morgan fingerprint density at radius 2 is 2.21 bits per heavy atom. The molecule has 0 aromatic carbocycles. The van der Waals surface area contributed by atoms with Crippen molar-refractivity contribution >= 4 is 11.8 Å². The van der Waals surface area contributed by atoms with Crippen LogP contribution in [0.15, 0.2) is 6.20 Å². The molecule has 5 heteroatoms. The first kappa shape index (κ1) is 14.9. The third-order valence-corrected chi connectivity index (χ3v) is 4.82. The molecule has 2 rings (SSSR count). The number of hydrogen-bond acceptors (Lipinski definition) is 4. The molecule has 1 fully saturated rings. The Balaban J connectivity index is 1.79.